The van der Waals surface area contributed by atoms with E-state index in [1.807, 2.05) is 6.07 Å². The van der Waals surface area contributed by atoms with Crippen molar-refractivity contribution in [2.75, 3.05) is 13.2 Å². The lowest BCUT2D eigenvalue weighted by molar-refractivity contribution is -0.692. The molecule has 2 atom stereocenters. The summed E-state index contributed by atoms with van der Waals surface area (Å²) in [5.41, 5.74) is 1.35. The Morgan fingerprint density at radius 2 is 1.94 bits per heavy atom. The highest BCUT2D eigenvalue weighted by atomic mass is 16.3. The van der Waals surface area contributed by atoms with Crippen molar-refractivity contribution in [3.8, 4) is 0 Å². The molecule has 16 heavy (non-hydrogen) atoms. The number of benzene rings is 1. The maximum Gasteiger partial charge on any atom is 0.126 e. The summed E-state index contributed by atoms with van der Waals surface area (Å²) in [6, 6.07) is 10.9. The molecular weight excluding hydrogens is 202 g/mol. The molecule has 1 aromatic carbocycles. The summed E-state index contributed by atoms with van der Waals surface area (Å²) in [6.45, 7) is 2.57. The van der Waals surface area contributed by atoms with E-state index in [9.17, 15) is 5.11 Å². The van der Waals surface area contributed by atoms with E-state index in [1.165, 1.54) is 5.56 Å². The van der Waals surface area contributed by atoms with E-state index in [-0.39, 0.29) is 6.61 Å². The first-order valence-corrected chi connectivity index (χ1v) is 5.88. The van der Waals surface area contributed by atoms with Crippen LogP contribution in [0.1, 0.15) is 18.9 Å². The minimum atomic E-state index is -0.598. The summed E-state index contributed by atoms with van der Waals surface area (Å²) in [5, 5.41) is 20.0. The lowest BCUT2D eigenvalue weighted by Gasteiger charge is -2.12. The summed E-state index contributed by atoms with van der Waals surface area (Å²) < 4.78 is 0. The Kier molecular flexibility index (Phi) is 6.08. The number of aliphatic hydroxyl groups excluding tert-OH is 2. The van der Waals surface area contributed by atoms with Gasteiger partial charge in [-0.1, -0.05) is 30.3 Å². The van der Waals surface area contributed by atoms with Gasteiger partial charge in [-0.3, -0.25) is 0 Å². The Hall–Kier alpha value is -0.900. The molecule has 0 saturated heterocycles. The van der Waals surface area contributed by atoms with Gasteiger partial charge in [-0.2, -0.15) is 0 Å². The fraction of sp³-hybridized carbons (Fsp3) is 0.538. The number of aryl methyl sites for hydroxylation is 1. The van der Waals surface area contributed by atoms with Crippen LogP contribution in [0.5, 0.6) is 0 Å². The predicted octanol–water partition coefficient (Wildman–Crippen LogP) is -0.0757. The lowest BCUT2D eigenvalue weighted by Crippen LogP contribution is -2.91. The molecule has 0 radical (unpaired) electrons. The molecule has 4 N–H and O–H groups in total. The largest absolute Gasteiger partial charge is 0.393 e. The van der Waals surface area contributed by atoms with Crippen LogP contribution in [0, 0.1) is 0 Å². The third kappa shape index (κ3) is 5.26. The molecule has 0 amide bonds. The number of aliphatic hydroxyl groups is 2. The number of rotatable bonds is 7. The summed E-state index contributed by atoms with van der Waals surface area (Å²) in [6.07, 6.45) is 1.55. The van der Waals surface area contributed by atoms with Gasteiger partial charge in [0.25, 0.3) is 0 Å². The van der Waals surface area contributed by atoms with Crippen LogP contribution in [-0.2, 0) is 6.42 Å². The molecule has 0 aliphatic heterocycles. The second kappa shape index (κ2) is 7.39. The molecule has 0 fully saturated rings. The van der Waals surface area contributed by atoms with Crippen molar-refractivity contribution in [3.05, 3.63) is 35.9 Å². The third-order valence-corrected chi connectivity index (χ3v) is 2.75. The minimum absolute atomic E-state index is 0.151. The first kappa shape index (κ1) is 13.2. The molecule has 0 unspecified atom stereocenters. The Labute approximate surface area is 97.1 Å². The molecule has 1 aromatic rings. The Bertz CT molecular complexity index is 277. The zero-order valence-electron chi connectivity index (χ0n) is 9.84. The Morgan fingerprint density at radius 3 is 2.56 bits per heavy atom. The van der Waals surface area contributed by atoms with Crippen LogP contribution in [0.25, 0.3) is 0 Å². The van der Waals surface area contributed by atoms with Gasteiger partial charge < -0.3 is 15.5 Å². The van der Waals surface area contributed by atoms with Crippen LogP contribution in [0.15, 0.2) is 30.3 Å². The number of hydrogen-bond acceptors (Lipinski definition) is 2. The maximum absolute atomic E-state index is 9.21. The smallest absolute Gasteiger partial charge is 0.126 e. The van der Waals surface area contributed by atoms with Gasteiger partial charge in [-0.05, 0) is 18.9 Å². The average molecular weight is 224 g/mol. The molecule has 0 saturated carbocycles. The Balaban J connectivity index is 2.18. The van der Waals surface area contributed by atoms with Crippen molar-refractivity contribution in [1.82, 2.24) is 0 Å². The first-order chi connectivity index (χ1) is 7.72. The summed E-state index contributed by atoms with van der Waals surface area (Å²) >= 11 is 0. The lowest BCUT2D eigenvalue weighted by atomic mass is 10.1. The molecule has 0 aromatic heterocycles. The second-order valence-electron chi connectivity index (χ2n) is 4.31. The zero-order chi connectivity index (χ0) is 11.8. The van der Waals surface area contributed by atoms with Crippen LogP contribution in [0.2, 0.25) is 0 Å². The molecule has 0 aliphatic carbocycles. The van der Waals surface area contributed by atoms with Crippen molar-refractivity contribution in [3.63, 3.8) is 0 Å². The van der Waals surface area contributed by atoms with Gasteiger partial charge in [0.15, 0.2) is 0 Å². The highest BCUT2D eigenvalue weighted by molar-refractivity contribution is 5.14. The first-order valence-electron chi connectivity index (χ1n) is 5.88. The molecule has 90 valence electrons. The van der Waals surface area contributed by atoms with Crippen molar-refractivity contribution >= 4 is 0 Å². The summed E-state index contributed by atoms with van der Waals surface area (Å²) in [7, 11) is 0. The summed E-state index contributed by atoms with van der Waals surface area (Å²) in [5.74, 6) is 0. The molecule has 0 bridgehead atoms. The standard InChI is InChI=1S/C13H21NO2/c1-11(14-9-13(16)10-15)7-8-12-5-3-2-4-6-12/h2-6,11,13-16H,7-10H2,1H3/p+1/t11-,13+/m1/s1. The van der Waals surface area contributed by atoms with E-state index in [4.69, 9.17) is 5.11 Å². The summed E-state index contributed by atoms with van der Waals surface area (Å²) in [4.78, 5) is 0. The van der Waals surface area contributed by atoms with Crippen LogP contribution in [0.4, 0.5) is 0 Å². The van der Waals surface area contributed by atoms with Gasteiger partial charge >= 0.3 is 0 Å². The van der Waals surface area contributed by atoms with Gasteiger partial charge in [0, 0.05) is 6.42 Å². The van der Waals surface area contributed by atoms with E-state index < -0.39 is 6.10 Å². The minimum Gasteiger partial charge on any atom is -0.393 e. The highest BCUT2D eigenvalue weighted by Gasteiger charge is 2.09. The van der Waals surface area contributed by atoms with Gasteiger partial charge in [-0.25, -0.2) is 0 Å². The van der Waals surface area contributed by atoms with Crippen LogP contribution < -0.4 is 5.32 Å². The average Bonchev–Trinajstić information content (AvgIpc) is 2.34. The van der Waals surface area contributed by atoms with Gasteiger partial charge in [0.1, 0.15) is 12.6 Å². The fourth-order valence-corrected chi connectivity index (χ4v) is 1.62. The monoisotopic (exact) mass is 224 g/mol. The molecular formula is C13H22NO2+. The van der Waals surface area contributed by atoms with Crippen molar-refractivity contribution in [2.24, 2.45) is 0 Å². The third-order valence-electron chi connectivity index (χ3n) is 2.75. The van der Waals surface area contributed by atoms with E-state index >= 15 is 0 Å². The number of hydrogen-bond donors (Lipinski definition) is 3. The van der Waals surface area contributed by atoms with Gasteiger partial charge in [-0.15, -0.1) is 0 Å². The van der Waals surface area contributed by atoms with Crippen molar-refractivity contribution < 1.29 is 15.5 Å². The molecule has 1 rings (SSSR count). The van der Waals surface area contributed by atoms with E-state index in [0.29, 0.717) is 12.6 Å². The van der Waals surface area contributed by atoms with E-state index in [2.05, 4.69) is 36.5 Å². The van der Waals surface area contributed by atoms with Crippen LogP contribution in [-0.4, -0.2) is 35.5 Å². The van der Waals surface area contributed by atoms with E-state index in [1.54, 1.807) is 0 Å². The molecule has 0 spiro atoms. The number of quaternary nitrogens is 1. The number of nitrogens with two attached hydrogens (primary N) is 1. The quantitative estimate of drug-likeness (QED) is 0.607. The molecule has 0 aliphatic rings. The van der Waals surface area contributed by atoms with Crippen LogP contribution >= 0.6 is 0 Å². The zero-order valence-corrected chi connectivity index (χ0v) is 9.84. The topological polar surface area (TPSA) is 57.1 Å². The normalized spacial score (nSPS) is 14.7. The van der Waals surface area contributed by atoms with E-state index in [0.717, 1.165) is 12.8 Å². The highest BCUT2D eigenvalue weighted by Crippen LogP contribution is 2.02. The SMILES string of the molecule is C[C@H](CCc1ccccc1)[NH2+]C[C@H](O)CO. The molecule has 0 heterocycles. The fourth-order valence-electron chi connectivity index (χ4n) is 1.62. The molecule has 3 heteroatoms. The predicted molar refractivity (Wildman–Crippen MR) is 64.1 cm³/mol. The van der Waals surface area contributed by atoms with Crippen molar-refractivity contribution in [1.29, 1.82) is 0 Å². The van der Waals surface area contributed by atoms with Crippen molar-refractivity contribution in [2.45, 2.75) is 31.9 Å². The van der Waals surface area contributed by atoms with Crippen LogP contribution in [0.3, 0.4) is 0 Å². The van der Waals surface area contributed by atoms with Gasteiger partial charge in [0.2, 0.25) is 0 Å². The second-order valence-corrected chi connectivity index (χ2v) is 4.31. The van der Waals surface area contributed by atoms with Gasteiger partial charge in [0.05, 0.1) is 12.6 Å². The Morgan fingerprint density at radius 1 is 1.25 bits per heavy atom. The molecule has 3 nitrogen and oxygen atoms in total. The maximum atomic E-state index is 9.21.